The topological polar surface area (TPSA) is 108 Å². The molecule has 0 saturated carbocycles. The fourth-order valence-electron chi connectivity index (χ4n) is 3.07. The Balaban J connectivity index is 1.73. The van der Waals surface area contributed by atoms with Crippen LogP contribution < -0.4 is 5.32 Å². The highest BCUT2D eigenvalue weighted by Gasteiger charge is 2.22. The lowest BCUT2D eigenvalue weighted by molar-refractivity contribution is -0.385. The predicted octanol–water partition coefficient (Wildman–Crippen LogP) is 3.24. The number of hydrogen-bond donors (Lipinski definition) is 1. The van der Waals surface area contributed by atoms with Crippen molar-refractivity contribution in [3.8, 4) is 0 Å². The highest BCUT2D eigenvalue weighted by Crippen LogP contribution is 2.19. The number of nitrogens with zero attached hydrogens (tertiary/aromatic N) is 5. The fourth-order valence-corrected chi connectivity index (χ4v) is 3.07. The van der Waals surface area contributed by atoms with E-state index in [1.165, 1.54) is 10.9 Å². The molecule has 0 spiro atoms. The van der Waals surface area contributed by atoms with Crippen LogP contribution in [0.2, 0.25) is 0 Å². The summed E-state index contributed by atoms with van der Waals surface area (Å²) >= 11 is 0. The number of aryl methyl sites for hydroxylation is 2. The second-order valence-electron chi connectivity index (χ2n) is 6.63. The highest BCUT2D eigenvalue weighted by atomic mass is 16.6. The highest BCUT2D eigenvalue weighted by molar-refractivity contribution is 5.93. The van der Waals surface area contributed by atoms with Gasteiger partial charge < -0.3 is 5.32 Å². The maximum absolute atomic E-state index is 12.7. The van der Waals surface area contributed by atoms with Crippen molar-refractivity contribution < 1.29 is 9.72 Å². The minimum Gasteiger partial charge on any atom is -0.324 e. The van der Waals surface area contributed by atoms with E-state index in [1.807, 2.05) is 49.7 Å². The van der Waals surface area contributed by atoms with E-state index in [9.17, 15) is 14.9 Å². The molecule has 0 bridgehead atoms. The molecule has 2 aromatic heterocycles. The second kappa shape index (κ2) is 8.03. The summed E-state index contributed by atoms with van der Waals surface area (Å²) in [5.74, 6) is -0.274. The molecule has 1 unspecified atom stereocenters. The van der Waals surface area contributed by atoms with Crippen LogP contribution in [0.15, 0.2) is 42.7 Å². The van der Waals surface area contributed by atoms with Crippen molar-refractivity contribution in [2.75, 3.05) is 5.32 Å². The number of rotatable bonds is 7. The van der Waals surface area contributed by atoms with Gasteiger partial charge in [0.25, 0.3) is 0 Å². The largest absolute Gasteiger partial charge is 0.324 e. The number of anilines is 1. The summed E-state index contributed by atoms with van der Waals surface area (Å²) in [5.41, 5.74) is 3.55. The van der Waals surface area contributed by atoms with E-state index >= 15 is 0 Å². The molecule has 0 aliphatic rings. The molecule has 9 heteroatoms. The van der Waals surface area contributed by atoms with Gasteiger partial charge in [0.1, 0.15) is 18.4 Å². The predicted molar refractivity (Wildman–Crippen MR) is 104 cm³/mol. The number of hydrogen-bond acceptors (Lipinski definition) is 5. The van der Waals surface area contributed by atoms with Crippen molar-refractivity contribution in [3.63, 3.8) is 0 Å². The van der Waals surface area contributed by atoms with Gasteiger partial charge in [0, 0.05) is 11.4 Å². The molecule has 1 amide bonds. The summed E-state index contributed by atoms with van der Waals surface area (Å²) in [5, 5.41) is 22.1. The standard InChI is InChI=1S/C19H22N6O3/c1-4-18(24-12-17(10-20-24)25(27)28)19(26)21-16-7-5-6-15(9-16)11-23-14(3)8-13(2)22-23/h5-10,12,18H,4,11H2,1-3H3,(H,21,26). The van der Waals surface area contributed by atoms with Crippen molar-refractivity contribution in [2.45, 2.75) is 39.8 Å². The molecule has 9 nitrogen and oxygen atoms in total. The van der Waals surface area contributed by atoms with E-state index in [0.717, 1.165) is 23.1 Å². The number of amides is 1. The molecule has 0 fully saturated rings. The number of nitro groups is 1. The van der Waals surface area contributed by atoms with Gasteiger partial charge in [-0.1, -0.05) is 19.1 Å². The Hall–Kier alpha value is -3.49. The third-order valence-electron chi connectivity index (χ3n) is 4.44. The Morgan fingerprint density at radius 2 is 2.11 bits per heavy atom. The summed E-state index contributed by atoms with van der Waals surface area (Å²) in [7, 11) is 0. The monoisotopic (exact) mass is 382 g/mol. The van der Waals surface area contributed by atoms with Gasteiger partial charge in [-0.15, -0.1) is 0 Å². The van der Waals surface area contributed by atoms with E-state index in [1.54, 1.807) is 6.07 Å². The molecule has 1 atom stereocenters. The fraction of sp³-hybridized carbons (Fsp3) is 0.316. The quantitative estimate of drug-likeness (QED) is 0.498. The zero-order chi connectivity index (χ0) is 20.3. The third-order valence-corrected chi connectivity index (χ3v) is 4.44. The Labute approximate surface area is 162 Å². The molecule has 2 heterocycles. The first-order chi connectivity index (χ1) is 13.4. The maximum atomic E-state index is 12.7. The first-order valence-corrected chi connectivity index (χ1v) is 8.96. The zero-order valence-corrected chi connectivity index (χ0v) is 16.0. The van der Waals surface area contributed by atoms with Crippen LogP contribution >= 0.6 is 0 Å². The molecule has 3 rings (SSSR count). The first-order valence-electron chi connectivity index (χ1n) is 8.96. The van der Waals surface area contributed by atoms with Crippen LogP contribution in [0.5, 0.6) is 0 Å². The Kier molecular flexibility index (Phi) is 5.53. The van der Waals surface area contributed by atoms with Crippen LogP contribution in [0.1, 0.15) is 36.3 Å². The average Bonchev–Trinajstić information content (AvgIpc) is 3.23. The van der Waals surface area contributed by atoms with E-state index < -0.39 is 11.0 Å². The summed E-state index contributed by atoms with van der Waals surface area (Å²) in [4.78, 5) is 23.0. The summed E-state index contributed by atoms with van der Waals surface area (Å²) in [6.45, 7) is 6.38. The van der Waals surface area contributed by atoms with E-state index in [0.29, 0.717) is 18.7 Å². The van der Waals surface area contributed by atoms with Gasteiger partial charge >= 0.3 is 5.69 Å². The van der Waals surface area contributed by atoms with E-state index in [2.05, 4.69) is 15.5 Å². The third kappa shape index (κ3) is 4.25. The number of carbonyl (C=O) groups excluding carboxylic acids is 1. The number of carbonyl (C=O) groups is 1. The Bertz CT molecular complexity index is 1010. The van der Waals surface area contributed by atoms with E-state index in [4.69, 9.17) is 0 Å². The molecule has 1 aromatic carbocycles. The van der Waals surface area contributed by atoms with Gasteiger partial charge in [0.05, 0.1) is 17.2 Å². The lowest BCUT2D eigenvalue weighted by Gasteiger charge is -2.15. The Morgan fingerprint density at radius 3 is 2.71 bits per heavy atom. The van der Waals surface area contributed by atoms with E-state index in [-0.39, 0.29) is 11.6 Å². The second-order valence-corrected chi connectivity index (χ2v) is 6.63. The SMILES string of the molecule is CCC(C(=O)Nc1cccc(Cn2nc(C)cc2C)c1)n1cc([N+](=O)[O-])cn1. The van der Waals surface area contributed by atoms with Gasteiger partial charge in [-0.25, -0.2) is 0 Å². The van der Waals surface area contributed by atoms with Gasteiger partial charge in [-0.05, 0) is 44.0 Å². The minimum atomic E-state index is -0.631. The first kappa shape index (κ1) is 19.3. The van der Waals surface area contributed by atoms with Gasteiger partial charge in [-0.3, -0.25) is 24.3 Å². The molecule has 28 heavy (non-hydrogen) atoms. The van der Waals surface area contributed by atoms with Crippen molar-refractivity contribution in [3.05, 3.63) is 69.8 Å². The maximum Gasteiger partial charge on any atom is 0.307 e. The van der Waals surface area contributed by atoms with Crippen LogP contribution in [0.4, 0.5) is 11.4 Å². The summed E-state index contributed by atoms with van der Waals surface area (Å²) in [6.07, 6.45) is 2.87. The lowest BCUT2D eigenvalue weighted by Crippen LogP contribution is -2.26. The van der Waals surface area contributed by atoms with Crippen molar-refractivity contribution in [1.82, 2.24) is 19.6 Å². The zero-order valence-electron chi connectivity index (χ0n) is 16.0. The van der Waals surface area contributed by atoms with Gasteiger partial charge in [0.15, 0.2) is 0 Å². The summed E-state index contributed by atoms with van der Waals surface area (Å²) < 4.78 is 3.24. The van der Waals surface area contributed by atoms with Gasteiger partial charge in [-0.2, -0.15) is 10.2 Å². The van der Waals surface area contributed by atoms with Crippen LogP contribution in [0.25, 0.3) is 0 Å². The van der Waals surface area contributed by atoms with Crippen molar-refractivity contribution >= 4 is 17.3 Å². The average molecular weight is 382 g/mol. The normalized spacial score (nSPS) is 12.0. The number of nitrogens with one attached hydrogen (secondary N) is 1. The molecule has 1 N–H and O–H groups in total. The van der Waals surface area contributed by atoms with Crippen LogP contribution in [-0.4, -0.2) is 30.4 Å². The molecular formula is C19H22N6O3. The van der Waals surface area contributed by atoms with Crippen molar-refractivity contribution in [1.29, 1.82) is 0 Å². The number of benzene rings is 1. The number of aromatic nitrogens is 4. The molecule has 0 radical (unpaired) electrons. The van der Waals surface area contributed by atoms with Crippen molar-refractivity contribution in [2.24, 2.45) is 0 Å². The van der Waals surface area contributed by atoms with Crippen LogP contribution in [-0.2, 0) is 11.3 Å². The molecular weight excluding hydrogens is 360 g/mol. The molecule has 0 saturated heterocycles. The lowest BCUT2D eigenvalue weighted by atomic mass is 10.1. The molecule has 0 aliphatic carbocycles. The molecule has 3 aromatic rings. The smallest absolute Gasteiger partial charge is 0.307 e. The molecule has 146 valence electrons. The van der Waals surface area contributed by atoms with Crippen LogP contribution in [0.3, 0.4) is 0 Å². The van der Waals surface area contributed by atoms with Crippen LogP contribution in [0, 0.1) is 24.0 Å². The Morgan fingerprint density at radius 1 is 1.32 bits per heavy atom. The van der Waals surface area contributed by atoms with Gasteiger partial charge in [0.2, 0.25) is 5.91 Å². The summed E-state index contributed by atoms with van der Waals surface area (Å²) in [6, 6.07) is 8.93. The minimum absolute atomic E-state index is 0.141. The molecule has 0 aliphatic heterocycles.